The molecule has 1 amide bonds. The number of nitrogens with one attached hydrogen (secondary N) is 1. The second-order valence-electron chi connectivity index (χ2n) is 7.22. The van der Waals surface area contributed by atoms with Crippen molar-refractivity contribution in [3.05, 3.63) is 41.5 Å². The van der Waals surface area contributed by atoms with Gasteiger partial charge in [0.1, 0.15) is 0 Å². The molecule has 1 aliphatic heterocycles. The molecular weight excluding hydrogens is 328 g/mol. The van der Waals surface area contributed by atoms with Crippen LogP contribution in [0.4, 0.5) is 5.69 Å². The molecular formula is C20H28N4O2. The molecule has 6 nitrogen and oxygen atoms in total. The lowest BCUT2D eigenvalue weighted by molar-refractivity contribution is -0.117. The Hall–Kier alpha value is -2.21. The van der Waals surface area contributed by atoms with Crippen LogP contribution < -0.4 is 10.2 Å². The summed E-state index contributed by atoms with van der Waals surface area (Å²) < 4.78 is 5.46. The van der Waals surface area contributed by atoms with Crippen molar-refractivity contribution in [2.75, 3.05) is 18.5 Å². The largest absolute Gasteiger partial charge is 0.339 e. The minimum Gasteiger partial charge on any atom is -0.339 e. The smallest absolute Gasteiger partial charge is 0.232 e. The Morgan fingerprint density at radius 3 is 2.85 bits per heavy atom. The first-order valence-corrected chi connectivity index (χ1v) is 9.42. The maximum absolute atomic E-state index is 12.7. The van der Waals surface area contributed by atoms with Crippen LogP contribution in [0.3, 0.4) is 0 Å². The number of likely N-dealkylation sites (N-methyl/N-ethyl adjacent to an activating group) is 1. The Morgan fingerprint density at radius 2 is 2.12 bits per heavy atom. The highest BCUT2D eigenvalue weighted by Crippen LogP contribution is 2.36. The van der Waals surface area contributed by atoms with Gasteiger partial charge in [-0.25, -0.2) is 0 Å². The Bertz CT molecular complexity index is 758. The first-order chi connectivity index (χ1) is 12.5. The molecule has 1 aliphatic rings. The van der Waals surface area contributed by atoms with Crippen LogP contribution in [0.2, 0.25) is 0 Å². The molecule has 1 N–H and O–H groups in total. The average molecular weight is 356 g/mol. The molecule has 1 fully saturated rings. The van der Waals surface area contributed by atoms with Crippen molar-refractivity contribution in [2.24, 2.45) is 0 Å². The van der Waals surface area contributed by atoms with Gasteiger partial charge in [0.2, 0.25) is 11.8 Å². The number of hydrogen-bond acceptors (Lipinski definition) is 5. The number of benzene rings is 1. The Kier molecular flexibility index (Phi) is 5.71. The monoisotopic (exact) mass is 356 g/mol. The summed E-state index contributed by atoms with van der Waals surface area (Å²) in [5.41, 5.74) is 2.23. The van der Waals surface area contributed by atoms with E-state index in [0.29, 0.717) is 37.0 Å². The summed E-state index contributed by atoms with van der Waals surface area (Å²) in [4.78, 5) is 19.1. The molecule has 0 spiro atoms. The van der Waals surface area contributed by atoms with Crippen LogP contribution in [0.15, 0.2) is 28.8 Å². The van der Waals surface area contributed by atoms with E-state index in [1.807, 2.05) is 30.1 Å². The van der Waals surface area contributed by atoms with Crippen LogP contribution in [0, 0.1) is 0 Å². The third kappa shape index (κ3) is 3.80. The van der Waals surface area contributed by atoms with Crippen LogP contribution in [0.25, 0.3) is 0 Å². The van der Waals surface area contributed by atoms with Gasteiger partial charge in [0, 0.05) is 31.1 Å². The maximum Gasteiger partial charge on any atom is 0.232 e. The van der Waals surface area contributed by atoms with Gasteiger partial charge in [0.05, 0.1) is 5.92 Å². The van der Waals surface area contributed by atoms with E-state index in [2.05, 4.69) is 42.3 Å². The summed E-state index contributed by atoms with van der Waals surface area (Å²) in [7, 11) is 1.91. The SMILES string of the molecule is CCC(C)c1ccccc1N1CC(c2nc(CC(C)NC)no2)CC1=O. The molecule has 3 unspecified atom stereocenters. The lowest BCUT2D eigenvalue weighted by Crippen LogP contribution is -2.26. The number of para-hydroxylation sites is 1. The highest BCUT2D eigenvalue weighted by molar-refractivity contribution is 5.97. The van der Waals surface area contributed by atoms with E-state index in [1.54, 1.807) is 0 Å². The van der Waals surface area contributed by atoms with Crippen LogP contribution in [-0.2, 0) is 11.2 Å². The summed E-state index contributed by atoms with van der Waals surface area (Å²) in [6.45, 7) is 7.03. The maximum atomic E-state index is 12.7. The van der Waals surface area contributed by atoms with Crippen molar-refractivity contribution in [3.8, 4) is 0 Å². The summed E-state index contributed by atoms with van der Waals surface area (Å²) in [6, 6.07) is 8.47. The fraction of sp³-hybridized carbons (Fsp3) is 0.550. The highest BCUT2D eigenvalue weighted by atomic mass is 16.5. The molecule has 1 saturated heterocycles. The van der Waals surface area contributed by atoms with Gasteiger partial charge in [-0.2, -0.15) is 4.98 Å². The third-order valence-electron chi connectivity index (χ3n) is 5.31. The molecule has 6 heteroatoms. The van der Waals surface area contributed by atoms with Gasteiger partial charge in [0.25, 0.3) is 0 Å². The Labute approximate surface area is 155 Å². The minimum atomic E-state index is -0.0429. The molecule has 1 aromatic heterocycles. The second kappa shape index (κ2) is 7.99. The molecule has 1 aromatic carbocycles. The standard InChI is InChI=1S/C20H28N4O2/c1-5-13(2)16-8-6-7-9-17(16)24-12-15(11-19(24)25)20-22-18(23-26-20)10-14(3)21-4/h6-9,13-15,21H,5,10-12H2,1-4H3. The number of aromatic nitrogens is 2. The van der Waals surface area contributed by atoms with E-state index in [-0.39, 0.29) is 17.9 Å². The minimum absolute atomic E-state index is 0.0429. The summed E-state index contributed by atoms with van der Waals surface area (Å²) in [6.07, 6.45) is 2.17. The van der Waals surface area contributed by atoms with E-state index in [4.69, 9.17) is 4.52 Å². The lowest BCUT2D eigenvalue weighted by Gasteiger charge is -2.22. The van der Waals surface area contributed by atoms with E-state index in [9.17, 15) is 4.79 Å². The van der Waals surface area contributed by atoms with E-state index in [1.165, 1.54) is 5.56 Å². The molecule has 3 atom stereocenters. The van der Waals surface area contributed by atoms with E-state index < -0.39 is 0 Å². The van der Waals surface area contributed by atoms with Crippen LogP contribution in [0.1, 0.15) is 62.7 Å². The number of rotatable bonds is 7. The summed E-state index contributed by atoms with van der Waals surface area (Å²) >= 11 is 0. The highest BCUT2D eigenvalue weighted by Gasteiger charge is 2.36. The Balaban J connectivity index is 1.78. The molecule has 0 radical (unpaired) electrons. The zero-order valence-electron chi connectivity index (χ0n) is 16.0. The summed E-state index contributed by atoms with van der Waals surface area (Å²) in [5.74, 6) is 1.75. The van der Waals surface area contributed by atoms with Crippen molar-refractivity contribution in [1.82, 2.24) is 15.5 Å². The van der Waals surface area contributed by atoms with Crippen LogP contribution in [0.5, 0.6) is 0 Å². The fourth-order valence-corrected chi connectivity index (χ4v) is 3.37. The van der Waals surface area contributed by atoms with Crippen molar-refractivity contribution in [3.63, 3.8) is 0 Å². The van der Waals surface area contributed by atoms with Crippen molar-refractivity contribution >= 4 is 11.6 Å². The van der Waals surface area contributed by atoms with Crippen molar-refractivity contribution < 1.29 is 9.32 Å². The fourth-order valence-electron chi connectivity index (χ4n) is 3.37. The predicted molar refractivity (Wildman–Crippen MR) is 101 cm³/mol. The molecule has 26 heavy (non-hydrogen) atoms. The molecule has 0 saturated carbocycles. The second-order valence-corrected chi connectivity index (χ2v) is 7.22. The van der Waals surface area contributed by atoms with Crippen LogP contribution in [-0.4, -0.2) is 35.7 Å². The van der Waals surface area contributed by atoms with E-state index >= 15 is 0 Å². The van der Waals surface area contributed by atoms with Gasteiger partial charge >= 0.3 is 0 Å². The molecule has 0 bridgehead atoms. The molecule has 0 aliphatic carbocycles. The number of carbonyl (C=O) groups is 1. The van der Waals surface area contributed by atoms with Gasteiger partial charge < -0.3 is 14.7 Å². The quantitative estimate of drug-likeness (QED) is 0.824. The number of anilines is 1. The van der Waals surface area contributed by atoms with E-state index in [0.717, 1.165) is 12.1 Å². The first kappa shape index (κ1) is 18.6. The number of hydrogen-bond donors (Lipinski definition) is 1. The number of nitrogens with zero attached hydrogens (tertiary/aromatic N) is 3. The topological polar surface area (TPSA) is 71.3 Å². The predicted octanol–water partition coefficient (Wildman–Crippen LogP) is 3.25. The zero-order chi connectivity index (χ0) is 18.7. The van der Waals surface area contributed by atoms with Gasteiger partial charge in [-0.15, -0.1) is 0 Å². The lowest BCUT2D eigenvalue weighted by atomic mass is 9.96. The zero-order valence-corrected chi connectivity index (χ0v) is 16.0. The molecule has 2 heterocycles. The Morgan fingerprint density at radius 1 is 1.35 bits per heavy atom. The van der Waals surface area contributed by atoms with Gasteiger partial charge in [-0.3, -0.25) is 4.79 Å². The number of carbonyl (C=O) groups excluding carboxylic acids is 1. The first-order valence-electron chi connectivity index (χ1n) is 9.42. The van der Waals surface area contributed by atoms with Gasteiger partial charge in [-0.1, -0.05) is 37.2 Å². The van der Waals surface area contributed by atoms with Gasteiger partial charge in [-0.05, 0) is 37.9 Å². The summed E-state index contributed by atoms with van der Waals surface area (Å²) in [5, 5.41) is 7.24. The van der Waals surface area contributed by atoms with Crippen molar-refractivity contribution in [2.45, 2.75) is 57.9 Å². The van der Waals surface area contributed by atoms with Gasteiger partial charge in [0.15, 0.2) is 5.82 Å². The molecule has 140 valence electrons. The van der Waals surface area contributed by atoms with Crippen molar-refractivity contribution in [1.29, 1.82) is 0 Å². The average Bonchev–Trinajstić information content (AvgIpc) is 3.27. The number of amides is 1. The molecule has 2 aromatic rings. The molecule has 3 rings (SSSR count). The van der Waals surface area contributed by atoms with Crippen LogP contribution >= 0.6 is 0 Å². The normalized spacial score (nSPS) is 19.8. The third-order valence-corrected chi connectivity index (χ3v) is 5.31.